The standard InChI is InChI=1S/C40H73N3O12/c1-15-29-40(10,49)33(45)26(6)43(17-16-41-11)21-22(2)19-38(8,48)35(55-37-31(44)28(42(12)13)18-23(3)51-37)24(4)32(25(5)36(47)53-29)54-30-20-39(9,50-14)34(46)27(7)52-30/h22-35,37,44-46,48-49H,15-21H2,1-10,12-14H3/t22-,23-,24+,25-,26-,27+,28+,29-,30+,31-,32+,33-,34+,35-,37+,38-,39-,40-/m1/s1. The lowest BCUT2D eigenvalue weighted by Crippen LogP contribution is -2.60. The van der Waals surface area contributed by atoms with Gasteiger partial charge in [-0.25, -0.2) is 6.57 Å². The average molecular weight is 788 g/mol. The number of hydrogen-bond donors (Lipinski definition) is 5. The zero-order valence-corrected chi connectivity index (χ0v) is 35.5. The average Bonchev–Trinajstić information content (AvgIpc) is 3.11. The third-order valence-corrected chi connectivity index (χ3v) is 12.5. The summed E-state index contributed by atoms with van der Waals surface area (Å²) in [6.07, 6.45) is -8.73. The van der Waals surface area contributed by atoms with Gasteiger partial charge in [0.05, 0.1) is 48.1 Å². The van der Waals surface area contributed by atoms with E-state index in [1.54, 1.807) is 48.5 Å². The maximum atomic E-state index is 14.3. The van der Waals surface area contributed by atoms with Crippen LogP contribution in [0.2, 0.25) is 0 Å². The van der Waals surface area contributed by atoms with E-state index in [4.69, 9.17) is 35.0 Å². The second-order valence-electron chi connectivity index (χ2n) is 17.6. The molecule has 5 N–H and O–H groups in total. The van der Waals surface area contributed by atoms with Crippen molar-refractivity contribution in [3.8, 4) is 0 Å². The third kappa shape index (κ3) is 11.2. The summed E-state index contributed by atoms with van der Waals surface area (Å²) in [6, 6.07) is -0.957. The van der Waals surface area contributed by atoms with E-state index in [-0.39, 0.29) is 43.9 Å². The quantitative estimate of drug-likeness (QED) is 0.169. The normalized spacial score (nSPS) is 47.4. The van der Waals surface area contributed by atoms with Crippen molar-refractivity contribution < 1.29 is 58.7 Å². The molecule has 15 heteroatoms. The maximum Gasteiger partial charge on any atom is 0.311 e. The summed E-state index contributed by atoms with van der Waals surface area (Å²) in [5.41, 5.74) is -4.54. The molecule has 0 aromatic heterocycles. The van der Waals surface area contributed by atoms with E-state index in [1.807, 2.05) is 37.7 Å². The molecule has 3 aliphatic rings. The first-order valence-corrected chi connectivity index (χ1v) is 20.1. The minimum absolute atomic E-state index is 0.113. The molecule has 3 aliphatic heterocycles. The Morgan fingerprint density at radius 1 is 0.982 bits per heavy atom. The minimum atomic E-state index is -1.88. The summed E-state index contributed by atoms with van der Waals surface area (Å²) < 4.78 is 37.6. The third-order valence-electron chi connectivity index (χ3n) is 12.5. The first-order chi connectivity index (χ1) is 25.4. The van der Waals surface area contributed by atoms with Crippen molar-refractivity contribution in [2.75, 3.05) is 40.8 Å². The largest absolute Gasteiger partial charge is 0.459 e. The van der Waals surface area contributed by atoms with Crippen molar-refractivity contribution >= 4 is 5.97 Å². The Bertz CT molecular complexity index is 1270. The van der Waals surface area contributed by atoms with E-state index in [2.05, 4.69) is 4.85 Å². The number of cyclic esters (lactones) is 1. The molecule has 0 saturated carbocycles. The first kappa shape index (κ1) is 47.9. The van der Waals surface area contributed by atoms with Gasteiger partial charge >= 0.3 is 5.97 Å². The first-order valence-electron chi connectivity index (χ1n) is 20.1. The summed E-state index contributed by atoms with van der Waals surface area (Å²) >= 11 is 0. The van der Waals surface area contributed by atoms with Crippen LogP contribution in [0, 0.1) is 24.3 Å². The molecule has 0 unspecified atom stereocenters. The monoisotopic (exact) mass is 788 g/mol. The van der Waals surface area contributed by atoms with Crippen molar-refractivity contribution in [1.29, 1.82) is 0 Å². The summed E-state index contributed by atoms with van der Waals surface area (Å²) in [6.45, 7) is 25.6. The van der Waals surface area contributed by atoms with Crippen LogP contribution < -0.4 is 0 Å². The SMILES string of the molecule is [C-]#[N+]CCN1C[C@H](C)C[C@@](C)(O)[C@H](O[C@@H]2O[C@H](C)C[C@H](N(C)C)[C@H]2O)[C@@H](C)[C@H](O[C@H]2C[C@@](C)(OC)[C@@H](O)[C@H](C)O2)[C@@H](C)C(=O)O[C@H](CC)[C@@](C)(O)[C@H](O)[C@H]1C. The number of esters is 1. The number of aliphatic hydroxyl groups excluding tert-OH is 3. The van der Waals surface area contributed by atoms with Gasteiger partial charge in [-0.05, 0) is 87.7 Å². The number of ether oxygens (including phenoxy) is 6. The Hall–Kier alpha value is -1.52. The summed E-state index contributed by atoms with van der Waals surface area (Å²) in [7, 11) is 5.25. The van der Waals surface area contributed by atoms with Crippen LogP contribution >= 0.6 is 0 Å². The molecule has 55 heavy (non-hydrogen) atoms. The summed E-state index contributed by atoms with van der Waals surface area (Å²) in [4.78, 5) is 21.7. The molecule has 3 saturated heterocycles. The number of likely N-dealkylation sites (N-methyl/N-ethyl adjacent to an activating group) is 1. The highest BCUT2D eigenvalue weighted by Gasteiger charge is 2.53. The molecule has 3 heterocycles. The maximum absolute atomic E-state index is 14.3. The molecule has 0 radical (unpaired) electrons. The van der Waals surface area contributed by atoms with Crippen molar-refractivity contribution in [2.24, 2.45) is 17.8 Å². The van der Waals surface area contributed by atoms with Crippen molar-refractivity contribution in [3.05, 3.63) is 11.4 Å². The topological polar surface area (TPSA) is 184 Å². The molecule has 0 bridgehead atoms. The number of methoxy groups -OCH3 is 1. The fourth-order valence-corrected chi connectivity index (χ4v) is 9.08. The Balaban J connectivity index is 2.21. The number of carbonyl (C=O) groups is 1. The highest BCUT2D eigenvalue weighted by Crippen LogP contribution is 2.40. The second-order valence-corrected chi connectivity index (χ2v) is 17.6. The van der Waals surface area contributed by atoms with Crippen LogP contribution in [0.15, 0.2) is 0 Å². The van der Waals surface area contributed by atoms with E-state index in [1.165, 1.54) is 14.0 Å². The van der Waals surface area contributed by atoms with Gasteiger partial charge in [0.25, 0.3) is 0 Å². The number of nitrogens with zero attached hydrogens (tertiary/aromatic N) is 3. The fourth-order valence-electron chi connectivity index (χ4n) is 9.08. The predicted molar refractivity (Wildman–Crippen MR) is 205 cm³/mol. The molecule has 3 rings (SSSR count). The molecule has 3 fully saturated rings. The van der Waals surface area contributed by atoms with Crippen molar-refractivity contribution in [1.82, 2.24) is 9.80 Å². The van der Waals surface area contributed by atoms with Gasteiger partial charge in [-0.15, -0.1) is 0 Å². The van der Waals surface area contributed by atoms with Gasteiger partial charge in [0, 0.05) is 38.1 Å². The number of hydrogen-bond acceptors (Lipinski definition) is 14. The zero-order valence-electron chi connectivity index (χ0n) is 35.5. The molecular weight excluding hydrogens is 714 g/mol. The van der Waals surface area contributed by atoms with Gasteiger partial charge in [0.15, 0.2) is 12.6 Å². The lowest BCUT2D eigenvalue weighted by atomic mass is 9.77. The van der Waals surface area contributed by atoms with Gasteiger partial charge in [-0.3, -0.25) is 9.69 Å². The Morgan fingerprint density at radius 2 is 1.62 bits per heavy atom. The molecule has 0 aromatic rings. The number of rotatable bonds is 9. The van der Waals surface area contributed by atoms with E-state index in [0.29, 0.717) is 19.5 Å². The van der Waals surface area contributed by atoms with Crippen LogP contribution in [0.3, 0.4) is 0 Å². The lowest BCUT2D eigenvalue weighted by Gasteiger charge is -2.48. The van der Waals surface area contributed by atoms with Gasteiger partial charge in [-0.2, -0.15) is 0 Å². The van der Waals surface area contributed by atoms with Crippen LogP contribution in [0.5, 0.6) is 0 Å². The molecule has 320 valence electrons. The molecule has 18 atom stereocenters. The minimum Gasteiger partial charge on any atom is -0.459 e. The van der Waals surface area contributed by atoms with Crippen LogP contribution in [0.25, 0.3) is 4.85 Å². The molecule has 0 aromatic carbocycles. The Labute approximate surface area is 329 Å². The fraction of sp³-hybridized carbons (Fsp3) is 0.950. The predicted octanol–water partition coefficient (Wildman–Crippen LogP) is 2.19. The van der Waals surface area contributed by atoms with Gasteiger partial charge in [-0.1, -0.05) is 20.8 Å². The highest BCUT2D eigenvalue weighted by molar-refractivity contribution is 5.73. The Kier molecular flexibility index (Phi) is 17.0. The van der Waals surface area contributed by atoms with Gasteiger partial charge < -0.3 is 63.7 Å². The molecule has 0 amide bonds. The van der Waals surface area contributed by atoms with Gasteiger partial charge in [0.2, 0.25) is 6.54 Å². The van der Waals surface area contributed by atoms with E-state index >= 15 is 0 Å². The number of aliphatic hydroxyl groups is 5. The Morgan fingerprint density at radius 3 is 2.18 bits per heavy atom. The van der Waals surface area contributed by atoms with Gasteiger partial charge in [0.1, 0.15) is 30.0 Å². The van der Waals surface area contributed by atoms with Crippen LogP contribution in [-0.2, 0) is 33.2 Å². The van der Waals surface area contributed by atoms with Crippen LogP contribution in [-0.4, -0.2) is 172 Å². The molecule has 15 nitrogen and oxygen atoms in total. The smallest absolute Gasteiger partial charge is 0.311 e. The van der Waals surface area contributed by atoms with Crippen LogP contribution in [0.4, 0.5) is 0 Å². The number of carbonyl (C=O) groups excluding carboxylic acids is 1. The molecule has 0 spiro atoms. The molecular formula is C40H73N3O12. The lowest BCUT2D eigenvalue weighted by molar-refractivity contribution is -0.318. The molecule has 0 aliphatic carbocycles. The van der Waals surface area contributed by atoms with E-state index < -0.39 is 96.0 Å². The second kappa shape index (κ2) is 19.5. The van der Waals surface area contributed by atoms with Crippen molar-refractivity contribution in [2.45, 2.75) is 185 Å². The highest BCUT2D eigenvalue weighted by atomic mass is 16.7. The van der Waals surface area contributed by atoms with Crippen LogP contribution in [0.1, 0.15) is 94.9 Å². The zero-order chi connectivity index (χ0) is 41.8. The van der Waals surface area contributed by atoms with E-state index in [0.717, 1.165) is 0 Å². The summed E-state index contributed by atoms with van der Waals surface area (Å²) in [5.74, 6) is -2.79. The summed E-state index contributed by atoms with van der Waals surface area (Å²) in [5, 5.41) is 58.7. The van der Waals surface area contributed by atoms with Crippen molar-refractivity contribution in [3.63, 3.8) is 0 Å². The van der Waals surface area contributed by atoms with E-state index in [9.17, 15) is 30.3 Å².